The maximum Gasteiger partial charge on any atom is 0.307 e. The summed E-state index contributed by atoms with van der Waals surface area (Å²) in [6.07, 6.45) is 1.40. The number of halogens is 2. The minimum atomic E-state index is -0.542. The molecule has 0 saturated heterocycles. The number of carbonyl (C=O) groups excluding carboxylic acids is 2. The number of benzene rings is 3. The van der Waals surface area contributed by atoms with Crippen molar-refractivity contribution in [3.8, 4) is 5.75 Å². The summed E-state index contributed by atoms with van der Waals surface area (Å²) in [5.74, 6) is -1.16. The second-order valence-corrected chi connectivity index (χ2v) is 7.26. The number of hydrogen-bond donors (Lipinski definition) is 2. The lowest BCUT2D eigenvalue weighted by atomic mass is 10.2. The molecule has 0 atom stereocenters. The number of ether oxygens (including phenoxy) is 1. The highest BCUT2D eigenvalue weighted by molar-refractivity contribution is 6.32. The van der Waals surface area contributed by atoms with Crippen molar-refractivity contribution in [1.82, 2.24) is 5.43 Å². The molecule has 2 amide bonds. The Kier molecular flexibility index (Phi) is 6.66. The van der Waals surface area contributed by atoms with E-state index in [4.69, 9.17) is 20.8 Å². The summed E-state index contributed by atoms with van der Waals surface area (Å²) in [6, 6.07) is 19.5. The van der Waals surface area contributed by atoms with Gasteiger partial charge in [-0.1, -0.05) is 41.9 Å². The second-order valence-electron chi connectivity index (χ2n) is 6.85. The zero-order valence-corrected chi connectivity index (χ0v) is 17.8. The van der Waals surface area contributed by atoms with Gasteiger partial charge in [0, 0.05) is 5.39 Å². The van der Waals surface area contributed by atoms with E-state index in [0.29, 0.717) is 11.1 Å². The van der Waals surface area contributed by atoms with Gasteiger partial charge in [-0.2, -0.15) is 5.10 Å². The Labute approximate surface area is 192 Å². The fourth-order valence-electron chi connectivity index (χ4n) is 2.92. The van der Waals surface area contributed by atoms with Gasteiger partial charge in [0.15, 0.2) is 12.4 Å². The molecule has 0 bridgehead atoms. The summed E-state index contributed by atoms with van der Waals surface area (Å²) in [4.78, 5) is 24.2. The normalized spacial score (nSPS) is 11.0. The van der Waals surface area contributed by atoms with Gasteiger partial charge in [0.25, 0.3) is 5.91 Å². The minimum Gasteiger partial charge on any atom is -0.482 e. The van der Waals surface area contributed by atoms with Gasteiger partial charge in [0.2, 0.25) is 0 Å². The molecule has 9 heteroatoms. The van der Waals surface area contributed by atoms with E-state index in [1.807, 2.05) is 18.2 Å². The molecule has 166 valence electrons. The number of hydrazone groups is 1. The van der Waals surface area contributed by atoms with Crippen LogP contribution in [0, 0.1) is 5.82 Å². The number of hydrogen-bond acceptors (Lipinski definition) is 5. The first kappa shape index (κ1) is 22.0. The van der Waals surface area contributed by atoms with Crippen molar-refractivity contribution in [1.29, 1.82) is 0 Å². The van der Waals surface area contributed by atoms with E-state index in [1.165, 1.54) is 24.4 Å². The Hall–Kier alpha value is -4.17. The van der Waals surface area contributed by atoms with Crippen LogP contribution < -0.4 is 15.5 Å². The van der Waals surface area contributed by atoms with Crippen LogP contribution in [0.2, 0.25) is 5.02 Å². The van der Waals surface area contributed by atoms with Crippen LogP contribution in [-0.2, 0) is 4.79 Å². The highest BCUT2D eigenvalue weighted by Crippen LogP contribution is 2.25. The average Bonchev–Trinajstić information content (AvgIpc) is 3.24. The molecule has 0 aliphatic rings. The Bertz CT molecular complexity index is 1320. The highest BCUT2D eigenvalue weighted by Gasteiger charge is 2.11. The van der Waals surface area contributed by atoms with Crippen LogP contribution >= 0.6 is 11.6 Å². The summed E-state index contributed by atoms with van der Waals surface area (Å²) < 4.78 is 24.5. The van der Waals surface area contributed by atoms with Crippen molar-refractivity contribution in [3.63, 3.8) is 0 Å². The highest BCUT2D eigenvalue weighted by atomic mass is 35.5. The number of furan rings is 1. The molecular formula is C24H17ClFN3O4. The SMILES string of the molecule is O=C(COc1ccc(C=NNC(=O)c2cc3ccccc3o2)cc1Cl)Nc1ccccc1F. The lowest BCUT2D eigenvalue weighted by Gasteiger charge is -2.09. The summed E-state index contributed by atoms with van der Waals surface area (Å²) in [5.41, 5.74) is 3.65. The molecule has 0 spiro atoms. The summed E-state index contributed by atoms with van der Waals surface area (Å²) in [6.45, 7) is -0.352. The number of nitrogens with zero attached hydrogens (tertiary/aromatic N) is 1. The van der Waals surface area contributed by atoms with Crippen molar-refractivity contribution in [2.75, 3.05) is 11.9 Å². The lowest BCUT2D eigenvalue weighted by Crippen LogP contribution is -2.20. The molecule has 1 aromatic heterocycles. The van der Waals surface area contributed by atoms with Gasteiger partial charge in [-0.05, 0) is 48.0 Å². The third-order valence-electron chi connectivity index (χ3n) is 4.49. The summed E-state index contributed by atoms with van der Waals surface area (Å²) >= 11 is 6.20. The van der Waals surface area contributed by atoms with Crippen LogP contribution in [0.4, 0.5) is 10.1 Å². The van der Waals surface area contributed by atoms with Crippen molar-refractivity contribution >= 4 is 46.3 Å². The van der Waals surface area contributed by atoms with Gasteiger partial charge in [0.1, 0.15) is 17.1 Å². The maximum atomic E-state index is 13.6. The maximum absolute atomic E-state index is 13.6. The molecule has 0 aliphatic heterocycles. The van der Waals surface area contributed by atoms with Crippen LogP contribution in [0.15, 0.2) is 82.3 Å². The third kappa shape index (κ3) is 5.55. The average molecular weight is 466 g/mol. The number of fused-ring (bicyclic) bond motifs is 1. The Morgan fingerprint density at radius 1 is 1.06 bits per heavy atom. The second kappa shape index (κ2) is 9.97. The first-order valence-electron chi connectivity index (χ1n) is 9.78. The van der Waals surface area contributed by atoms with E-state index in [1.54, 1.807) is 36.4 Å². The number of para-hydroxylation sites is 2. The summed E-state index contributed by atoms with van der Waals surface area (Å²) in [5, 5.41) is 7.38. The molecular weight excluding hydrogens is 449 g/mol. The van der Waals surface area contributed by atoms with Crippen molar-refractivity contribution < 1.29 is 23.1 Å². The summed E-state index contributed by atoms with van der Waals surface area (Å²) in [7, 11) is 0. The molecule has 0 fully saturated rings. The van der Waals surface area contributed by atoms with Crippen LogP contribution in [0.25, 0.3) is 11.0 Å². The van der Waals surface area contributed by atoms with Crippen molar-refractivity contribution in [2.45, 2.75) is 0 Å². The first-order valence-corrected chi connectivity index (χ1v) is 10.2. The molecule has 33 heavy (non-hydrogen) atoms. The van der Waals surface area contributed by atoms with E-state index in [-0.39, 0.29) is 28.8 Å². The van der Waals surface area contributed by atoms with Gasteiger partial charge in [0.05, 0.1) is 16.9 Å². The first-order chi connectivity index (χ1) is 16.0. The largest absolute Gasteiger partial charge is 0.482 e. The number of amides is 2. The Balaban J connectivity index is 1.31. The van der Waals surface area contributed by atoms with Gasteiger partial charge >= 0.3 is 5.91 Å². The van der Waals surface area contributed by atoms with Crippen LogP contribution in [0.3, 0.4) is 0 Å². The molecule has 0 saturated carbocycles. The standard InChI is InChI=1S/C24H17ClFN3O4/c25-17-11-15(13-27-29-24(31)22-12-16-5-1-4-8-20(16)33-22)9-10-21(17)32-14-23(30)28-19-7-3-2-6-18(19)26/h1-13H,14H2,(H,28,30)(H,29,31). The number of rotatable bonds is 7. The van der Waals surface area contributed by atoms with Gasteiger partial charge < -0.3 is 14.5 Å². The quantitative estimate of drug-likeness (QED) is 0.296. The smallest absolute Gasteiger partial charge is 0.307 e. The monoisotopic (exact) mass is 465 g/mol. The van der Waals surface area contributed by atoms with Crippen molar-refractivity contribution in [3.05, 3.63) is 95.0 Å². The topological polar surface area (TPSA) is 92.9 Å². The molecule has 0 radical (unpaired) electrons. The molecule has 0 unspecified atom stereocenters. The van der Waals surface area contributed by atoms with Gasteiger partial charge in [-0.15, -0.1) is 0 Å². The van der Waals surface area contributed by atoms with E-state index in [2.05, 4.69) is 15.8 Å². The number of carbonyl (C=O) groups is 2. The van der Waals surface area contributed by atoms with Crippen LogP contribution in [0.5, 0.6) is 5.75 Å². The zero-order chi connectivity index (χ0) is 23.2. The van der Waals surface area contributed by atoms with E-state index >= 15 is 0 Å². The van der Waals surface area contributed by atoms with Gasteiger partial charge in [-0.3, -0.25) is 9.59 Å². The fraction of sp³-hybridized carbons (Fsp3) is 0.0417. The molecule has 4 aromatic rings. The number of nitrogens with one attached hydrogen (secondary N) is 2. The van der Waals surface area contributed by atoms with E-state index in [9.17, 15) is 14.0 Å². The lowest BCUT2D eigenvalue weighted by molar-refractivity contribution is -0.118. The Morgan fingerprint density at radius 3 is 2.64 bits per heavy atom. The predicted octanol–water partition coefficient (Wildman–Crippen LogP) is 5.01. The molecule has 7 nitrogen and oxygen atoms in total. The van der Waals surface area contributed by atoms with Crippen molar-refractivity contribution in [2.24, 2.45) is 5.10 Å². The Morgan fingerprint density at radius 2 is 1.85 bits per heavy atom. The predicted molar refractivity (Wildman–Crippen MR) is 123 cm³/mol. The van der Waals surface area contributed by atoms with E-state index in [0.717, 1.165) is 5.39 Å². The molecule has 2 N–H and O–H groups in total. The van der Waals surface area contributed by atoms with E-state index < -0.39 is 17.6 Å². The molecule has 3 aromatic carbocycles. The van der Waals surface area contributed by atoms with Crippen LogP contribution in [0.1, 0.15) is 16.1 Å². The third-order valence-corrected chi connectivity index (χ3v) is 4.79. The number of anilines is 1. The zero-order valence-electron chi connectivity index (χ0n) is 17.0. The fourth-order valence-corrected chi connectivity index (χ4v) is 3.16. The van der Waals surface area contributed by atoms with Crippen LogP contribution in [-0.4, -0.2) is 24.6 Å². The molecule has 0 aliphatic carbocycles. The van der Waals surface area contributed by atoms with Gasteiger partial charge in [-0.25, -0.2) is 9.82 Å². The minimum absolute atomic E-state index is 0.0634. The molecule has 4 rings (SSSR count). The molecule has 1 heterocycles.